The molecule has 1 aliphatic heterocycles. The van der Waals surface area contributed by atoms with Gasteiger partial charge in [-0.1, -0.05) is 0 Å². The van der Waals surface area contributed by atoms with Crippen LogP contribution in [0.5, 0.6) is 0 Å². The number of hydrogen-bond donors (Lipinski definition) is 0. The van der Waals surface area contributed by atoms with Gasteiger partial charge in [0.2, 0.25) is 0 Å². The average Bonchev–Trinajstić information content (AvgIpc) is 3.27. The van der Waals surface area contributed by atoms with Gasteiger partial charge in [0.15, 0.2) is 0 Å². The molecule has 1 aromatic heterocycles. The maximum absolute atomic E-state index is 12.2. The zero-order valence-electron chi connectivity index (χ0n) is 13.2. The summed E-state index contributed by atoms with van der Waals surface area (Å²) in [5.41, 5.74) is 3.06. The first-order valence-electron chi connectivity index (χ1n) is 7.33. The van der Waals surface area contributed by atoms with Gasteiger partial charge in [0, 0.05) is 31.5 Å². The highest BCUT2D eigenvalue weighted by atomic mass is 16.2. The van der Waals surface area contributed by atoms with E-state index in [1.807, 2.05) is 19.9 Å². The van der Waals surface area contributed by atoms with Crippen molar-refractivity contribution in [3.8, 4) is 0 Å². The van der Waals surface area contributed by atoms with Crippen molar-refractivity contribution in [2.75, 3.05) is 14.1 Å². The van der Waals surface area contributed by atoms with Crippen LogP contribution in [0.4, 0.5) is 4.79 Å². The molecule has 1 aliphatic carbocycles. The van der Waals surface area contributed by atoms with Crippen LogP contribution in [-0.4, -0.2) is 46.3 Å². The average molecular weight is 301 g/mol. The lowest BCUT2D eigenvalue weighted by Gasteiger charge is -2.28. The van der Waals surface area contributed by atoms with Crippen LogP contribution >= 0.6 is 0 Å². The molecular weight excluding hydrogens is 282 g/mol. The number of hydrogen-bond acceptors (Lipinski definition) is 3. The molecule has 2 fully saturated rings. The van der Waals surface area contributed by atoms with E-state index in [9.17, 15) is 14.4 Å². The number of carbonyl (C=O) groups excluding carboxylic acids is 3. The van der Waals surface area contributed by atoms with Gasteiger partial charge in [0.25, 0.3) is 11.8 Å². The van der Waals surface area contributed by atoms with Crippen LogP contribution in [0.15, 0.2) is 11.6 Å². The number of rotatable bonds is 2. The van der Waals surface area contributed by atoms with Gasteiger partial charge in [-0.15, -0.1) is 0 Å². The predicted octanol–water partition coefficient (Wildman–Crippen LogP) is 1.87. The second-order valence-corrected chi connectivity index (χ2v) is 6.00. The third kappa shape index (κ3) is 2.06. The predicted molar refractivity (Wildman–Crippen MR) is 81.1 cm³/mol. The standard InChI is InChI=1S/C16H19N3O3/c1-9-7-11(10(2)19(9)12-5-6-12)8-13-14(20)17(3)16(22)18(4)15(13)21/h7-8,12H,5-6H2,1-4H3. The van der Waals surface area contributed by atoms with Gasteiger partial charge >= 0.3 is 6.03 Å². The molecule has 1 aromatic rings. The van der Waals surface area contributed by atoms with Crippen molar-refractivity contribution in [1.29, 1.82) is 0 Å². The Kier molecular flexibility index (Phi) is 3.20. The number of imide groups is 2. The summed E-state index contributed by atoms with van der Waals surface area (Å²) < 4.78 is 2.25. The molecule has 22 heavy (non-hydrogen) atoms. The summed E-state index contributed by atoms with van der Waals surface area (Å²) in [5, 5.41) is 0. The van der Waals surface area contributed by atoms with E-state index < -0.39 is 17.8 Å². The lowest BCUT2D eigenvalue weighted by molar-refractivity contribution is -0.134. The van der Waals surface area contributed by atoms with E-state index in [2.05, 4.69) is 4.57 Å². The van der Waals surface area contributed by atoms with Gasteiger partial charge in [-0.25, -0.2) is 4.79 Å². The maximum atomic E-state index is 12.2. The Morgan fingerprint density at radius 2 is 1.59 bits per heavy atom. The van der Waals surface area contributed by atoms with Crippen LogP contribution in [0.25, 0.3) is 6.08 Å². The molecule has 2 heterocycles. The van der Waals surface area contributed by atoms with E-state index in [0.717, 1.165) is 26.8 Å². The largest absolute Gasteiger partial charge is 0.346 e. The lowest BCUT2D eigenvalue weighted by Crippen LogP contribution is -2.52. The van der Waals surface area contributed by atoms with E-state index in [-0.39, 0.29) is 5.57 Å². The quantitative estimate of drug-likeness (QED) is 0.619. The van der Waals surface area contributed by atoms with Crippen molar-refractivity contribution in [2.24, 2.45) is 0 Å². The number of aryl methyl sites for hydroxylation is 1. The third-order valence-electron chi connectivity index (χ3n) is 4.38. The van der Waals surface area contributed by atoms with E-state index >= 15 is 0 Å². The number of barbiturate groups is 1. The fraction of sp³-hybridized carbons (Fsp3) is 0.438. The van der Waals surface area contributed by atoms with Gasteiger partial charge in [-0.05, 0) is 44.4 Å². The number of amides is 4. The van der Waals surface area contributed by atoms with Crippen molar-refractivity contribution in [1.82, 2.24) is 14.4 Å². The molecule has 6 heteroatoms. The zero-order valence-corrected chi connectivity index (χ0v) is 13.2. The maximum Gasteiger partial charge on any atom is 0.333 e. The molecule has 1 saturated carbocycles. The van der Waals surface area contributed by atoms with Gasteiger partial charge < -0.3 is 4.57 Å². The van der Waals surface area contributed by atoms with Crippen molar-refractivity contribution >= 4 is 23.9 Å². The topological polar surface area (TPSA) is 62.6 Å². The third-order valence-corrected chi connectivity index (χ3v) is 4.38. The van der Waals surface area contributed by atoms with Crippen molar-refractivity contribution < 1.29 is 14.4 Å². The first-order chi connectivity index (χ1) is 10.3. The molecule has 3 rings (SSSR count). The second kappa shape index (κ2) is 4.83. The molecule has 0 atom stereocenters. The Morgan fingerprint density at radius 1 is 1.05 bits per heavy atom. The normalized spacial score (nSPS) is 19.3. The molecule has 0 N–H and O–H groups in total. The fourth-order valence-electron chi connectivity index (χ4n) is 2.97. The van der Waals surface area contributed by atoms with E-state index in [1.165, 1.54) is 26.9 Å². The molecule has 0 radical (unpaired) electrons. The molecule has 0 unspecified atom stereocenters. The van der Waals surface area contributed by atoms with Crippen LogP contribution in [-0.2, 0) is 9.59 Å². The summed E-state index contributed by atoms with van der Waals surface area (Å²) in [5.74, 6) is -1.10. The van der Waals surface area contributed by atoms with E-state index in [4.69, 9.17) is 0 Å². The zero-order chi connectivity index (χ0) is 16.2. The van der Waals surface area contributed by atoms with Crippen LogP contribution in [0.3, 0.4) is 0 Å². The summed E-state index contributed by atoms with van der Waals surface area (Å²) in [7, 11) is 2.77. The Balaban J connectivity index is 2.04. The molecule has 4 amide bonds. The van der Waals surface area contributed by atoms with Crippen molar-refractivity contribution in [3.05, 3.63) is 28.6 Å². The Bertz CT molecular complexity index is 699. The molecule has 1 saturated heterocycles. The van der Waals surface area contributed by atoms with Crippen molar-refractivity contribution in [3.63, 3.8) is 0 Å². The van der Waals surface area contributed by atoms with Crippen LogP contribution in [0.2, 0.25) is 0 Å². The molecule has 2 aliphatic rings. The first kappa shape index (κ1) is 14.6. The number of urea groups is 1. The molecule has 0 spiro atoms. The minimum Gasteiger partial charge on any atom is -0.346 e. The van der Waals surface area contributed by atoms with Gasteiger partial charge in [0.1, 0.15) is 5.57 Å². The van der Waals surface area contributed by atoms with Gasteiger partial charge in [0.05, 0.1) is 0 Å². The summed E-state index contributed by atoms with van der Waals surface area (Å²) >= 11 is 0. The number of aromatic nitrogens is 1. The summed E-state index contributed by atoms with van der Waals surface area (Å²) in [6, 6.07) is 1.92. The molecule has 0 aromatic carbocycles. The number of likely N-dealkylation sites (N-methyl/N-ethyl adjacent to an activating group) is 2. The van der Waals surface area contributed by atoms with Crippen LogP contribution < -0.4 is 0 Å². The fourth-order valence-corrected chi connectivity index (χ4v) is 2.97. The molecule has 116 valence electrons. The monoisotopic (exact) mass is 301 g/mol. The number of carbonyl (C=O) groups is 3. The molecule has 0 bridgehead atoms. The minimum absolute atomic E-state index is 0.0284. The van der Waals surface area contributed by atoms with Gasteiger partial charge in [-0.3, -0.25) is 19.4 Å². The highest BCUT2D eigenvalue weighted by molar-refractivity contribution is 6.30. The first-order valence-corrected chi connectivity index (χ1v) is 7.33. The summed E-state index contributed by atoms with van der Waals surface area (Å²) in [4.78, 5) is 38.1. The summed E-state index contributed by atoms with van der Waals surface area (Å²) in [6.07, 6.45) is 3.94. The highest BCUT2D eigenvalue weighted by Crippen LogP contribution is 2.38. The number of nitrogens with zero attached hydrogens (tertiary/aromatic N) is 3. The van der Waals surface area contributed by atoms with E-state index in [1.54, 1.807) is 6.08 Å². The smallest absolute Gasteiger partial charge is 0.333 e. The minimum atomic E-state index is -0.601. The van der Waals surface area contributed by atoms with Crippen LogP contribution in [0, 0.1) is 13.8 Å². The summed E-state index contributed by atoms with van der Waals surface area (Å²) in [6.45, 7) is 4.02. The lowest BCUT2D eigenvalue weighted by atomic mass is 10.1. The van der Waals surface area contributed by atoms with Gasteiger partial charge in [-0.2, -0.15) is 0 Å². The highest BCUT2D eigenvalue weighted by Gasteiger charge is 2.38. The Labute approximate surface area is 129 Å². The van der Waals surface area contributed by atoms with Crippen LogP contribution in [0.1, 0.15) is 35.8 Å². The Morgan fingerprint density at radius 3 is 2.09 bits per heavy atom. The van der Waals surface area contributed by atoms with Crippen molar-refractivity contribution in [2.45, 2.75) is 32.7 Å². The second-order valence-electron chi connectivity index (χ2n) is 6.00. The Hall–Kier alpha value is -2.37. The SMILES string of the molecule is Cc1cc(C=C2C(=O)N(C)C(=O)N(C)C2=O)c(C)n1C1CC1. The van der Waals surface area contributed by atoms with E-state index in [0.29, 0.717) is 6.04 Å². The molecule has 6 nitrogen and oxygen atoms in total. The molecular formula is C16H19N3O3.